The standard InChI is InChI=1S/C36H36F2N4O6/c1-45-32-19-27-29(20-33(32)47-21-22-16-26(17-22)42-12-14-46-15-13-42)39-11-8-30(27)48-31-7-6-25(18-28(31)38)41-35(44)36(9-10-36)34(43)40-24-4-2-23(37)3-5-24/h2-8,11,18-20,22,26H,9-10,12-17,21H2,1H3,(H,40,43)(H,41,44). The molecule has 3 fully saturated rings. The van der Waals surface area contributed by atoms with Crippen LogP contribution in [-0.4, -0.2) is 67.8 Å². The zero-order valence-electron chi connectivity index (χ0n) is 26.5. The number of amides is 2. The summed E-state index contributed by atoms with van der Waals surface area (Å²) in [4.78, 5) is 32.9. The molecule has 3 aliphatic rings. The first-order chi connectivity index (χ1) is 23.3. The molecule has 0 unspecified atom stereocenters. The summed E-state index contributed by atoms with van der Waals surface area (Å²) in [6.07, 6.45) is 4.45. The number of anilines is 2. The molecule has 3 aromatic carbocycles. The van der Waals surface area contributed by atoms with Crippen LogP contribution in [0.5, 0.6) is 23.0 Å². The van der Waals surface area contributed by atoms with Gasteiger partial charge in [0.05, 0.1) is 32.4 Å². The van der Waals surface area contributed by atoms with Gasteiger partial charge >= 0.3 is 0 Å². The molecule has 2 amide bonds. The molecule has 0 spiro atoms. The maximum atomic E-state index is 15.3. The minimum absolute atomic E-state index is 0.0604. The minimum atomic E-state index is -1.28. The highest BCUT2D eigenvalue weighted by Crippen LogP contribution is 2.48. The molecule has 2 saturated carbocycles. The van der Waals surface area contributed by atoms with Crippen molar-refractivity contribution < 1.29 is 37.3 Å². The zero-order valence-corrected chi connectivity index (χ0v) is 26.5. The molecule has 2 aliphatic carbocycles. The number of pyridine rings is 1. The van der Waals surface area contributed by atoms with Crippen LogP contribution in [0.3, 0.4) is 0 Å². The average molecular weight is 659 g/mol. The largest absolute Gasteiger partial charge is 0.493 e. The number of halogens is 2. The van der Waals surface area contributed by atoms with Gasteiger partial charge in [0.15, 0.2) is 23.1 Å². The van der Waals surface area contributed by atoms with E-state index in [0.717, 1.165) is 45.2 Å². The summed E-state index contributed by atoms with van der Waals surface area (Å²) in [5.41, 5.74) is -0.122. The van der Waals surface area contributed by atoms with Crippen molar-refractivity contribution >= 4 is 34.1 Å². The summed E-state index contributed by atoms with van der Waals surface area (Å²) in [5, 5.41) is 5.91. The van der Waals surface area contributed by atoms with Crippen LogP contribution in [0.4, 0.5) is 20.2 Å². The third kappa shape index (κ3) is 6.63. The number of nitrogens with zero attached hydrogens (tertiary/aromatic N) is 2. The van der Waals surface area contributed by atoms with Gasteiger partial charge in [0.25, 0.3) is 0 Å². The highest BCUT2D eigenvalue weighted by Gasteiger charge is 2.56. The SMILES string of the molecule is COc1cc2c(Oc3ccc(NC(=O)C4(C(=O)Nc5ccc(F)cc5)CC4)cc3F)ccnc2cc1OCC1CC(N2CCOCC2)C1. The maximum absolute atomic E-state index is 15.3. The van der Waals surface area contributed by atoms with Crippen LogP contribution in [0.25, 0.3) is 10.9 Å². The maximum Gasteiger partial charge on any atom is 0.240 e. The Morgan fingerprint density at radius 2 is 1.60 bits per heavy atom. The number of ether oxygens (including phenoxy) is 4. The summed E-state index contributed by atoms with van der Waals surface area (Å²) in [6.45, 7) is 4.14. The Balaban J connectivity index is 0.989. The van der Waals surface area contributed by atoms with Gasteiger partial charge in [-0.25, -0.2) is 8.78 Å². The molecular formula is C36H36F2N4O6. The summed E-state index contributed by atoms with van der Waals surface area (Å²) in [5.74, 6) is -0.329. The van der Waals surface area contributed by atoms with E-state index in [1.807, 2.05) is 0 Å². The van der Waals surface area contributed by atoms with Crippen LogP contribution in [0, 0.1) is 23.0 Å². The van der Waals surface area contributed by atoms with Crippen molar-refractivity contribution in [3.8, 4) is 23.0 Å². The van der Waals surface area contributed by atoms with E-state index in [2.05, 4.69) is 20.5 Å². The highest BCUT2D eigenvalue weighted by molar-refractivity contribution is 6.16. The number of hydrogen-bond acceptors (Lipinski definition) is 8. The third-order valence-corrected chi connectivity index (χ3v) is 9.37. The average Bonchev–Trinajstić information content (AvgIpc) is 3.89. The number of fused-ring (bicyclic) bond motifs is 1. The Labute approximate surface area is 276 Å². The predicted octanol–water partition coefficient (Wildman–Crippen LogP) is 6.16. The number of methoxy groups -OCH3 is 1. The quantitative estimate of drug-likeness (QED) is 0.185. The van der Waals surface area contributed by atoms with Crippen molar-refractivity contribution in [3.63, 3.8) is 0 Å². The smallest absolute Gasteiger partial charge is 0.240 e. The van der Waals surface area contributed by atoms with Gasteiger partial charge in [0.1, 0.15) is 17.0 Å². The Bertz CT molecular complexity index is 1820. The Morgan fingerprint density at radius 3 is 2.29 bits per heavy atom. The van der Waals surface area contributed by atoms with Gasteiger partial charge < -0.3 is 29.6 Å². The van der Waals surface area contributed by atoms with Gasteiger partial charge in [0.2, 0.25) is 11.8 Å². The van der Waals surface area contributed by atoms with Crippen LogP contribution in [0.2, 0.25) is 0 Å². The van der Waals surface area contributed by atoms with Crippen molar-refractivity contribution in [3.05, 3.63) is 78.5 Å². The van der Waals surface area contributed by atoms with E-state index in [9.17, 15) is 14.0 Å². The summed E-state index contributed by atoms with van der Waals surface area (Å²) in [7, 11) is 1.56. The molecule has 0 radical (unpaired) electrons. The molecule has 0 atom stereocenters. The van der Waals surface area contributed by atoms with Crippen molar-refractivity contribution in [1.29, 1.82) is 0 Å². The summed E-state index contributed by atoms with van der Waals surface area (Å²) in [6, 6.07) is 15.1. The number of carbonyl (C=O) groups is 2. The molecule has 10 nitrogen and oxygen atoms in total. The fraction of sp³-hybridized carbons (Fsp3) is 0.361. The molecule has 2 N–H and O–H groups in total. The van der Waals surface area contributed by atoms with Gasteiger partial charge in [0, 0.05) is 54.2 Å². The second kappa shape index (κ2) is 13.4. The predicted molar refractivity (Wildman–Crippen MR) is 174 cm³/mol. The monoisotopic (exact) mass is 658 g/mol. The van der Waals surface area contributed by atoms with Crippen LogP contribution in [0.1, 0.15) is 25.7 Å². The normalized spacial score (nSPS) is 20.0. The van der Waals surface area contributed by atoms with E-state index in [4.69, 9.17) is 18.9 Å². The van der Waals surface area contributed by atoms with E-state index in [1.54, 1.807) is 31.5 Å². The number of nitrogens with one attached hydrogen (secondary N) is 2. The first-order valence-corrected chi connectivity index (χ1v) is 16.1. The van der Waals surface area contributed by atoms with E-state index < -0.39 is 28.9 Å². The highest BCUT2D eigenvalue weighted by atomic mass is 19.1. The molecule has 48 heavy (non-hydrogen) atoms. The van der Waals surface area contributed by atoms with E-state index >= 15 is 4.39 Å². The molecule has 4 aromatic rings. The van der Waals surface area contributed by atoms with Crippen molar-refractivity contribution in [2.45, 2.75) is 31.7 Å². The first kappa shape index (κ1) is 31.8. The van der Waals surface area contributed by atoms with E-state index in [1.165, 1.54) is 36.4 Å². The van der Waals surface area contributed by atoms with Gasteiger partial charge in [-0.3, -0.25) is 19.5 Å². The molecule has 12 heteroatoms. The topological polar surface area (TPSA) is 111 Å². The van der Waals surface area contributed by atoms with Gasteiger partial charge in [-0.2, -0.15) is 0 Å². The lowest BCUT2D eigenvalue weighted by Crippen LogP contribution is -2.50. The molecule has 1 aliphatic heterocycles. The van der Waals surface area contributed by atoms with E-state index in [0.29, 0.717) is 65.2 Å². The van der Waals surface area contributed by atoms with Crippen molar-refractivity contribution in [1.82, 2.24) is 9.88 Å². The Hall–Kier alpha value is -4.81. The molecule has 1 saturated heterocycles. The Morgan fingerprint density at radius 1 is 0.896 bits per heavy atom. The van der Waals surface area contributed by atoms with Crippen LogP contribution in [0.15, 0.2) is 66.9 Å². The molecule has 2 heterocycles. The second-order valence-corrected chi connectivity index (χ2v) is 12.5. The van der Waals surface area contributed by atoms with Crippen LogP contribution in [-0.2, 0) is 14.3 Å². The molecule has 1 aromatic heterocycles. The van der Waals surface area contributed by atoms with Gasteiger partial charge in [-0.05, 0) is 80.1 Å². The van der Waals surface area contributed by atoms with E-state index in [-0.39, 0.29) is 11.4 Å². The van der Waals surface area contributed by atoms with Gasteiger partial charge in [-0.1, -0.05) is 0 Å². The van der Waals surface area contributed by atoms with Crippen molar-refractivity contribution in [2.75, 3.05) is 50.7 Å². The molecule has 250 valence electrons. The lowest BCUT2D eigenvalue weighted by Gasteiger charge is -2.44. The van der Waals surface area contributed by atoms with Crippen LogP contribution >= 0.6 is 0 Å². The molecule has 0 bridgehead atoms. The number of morpholine rings is 1. The zero-order chi connectivity index (χ0) is 33.3. The van der Waals surface area contributed by atoms with Crippen LogP contribution < -0.4 is 24.8 Å². The molecule has 7 rings (SSSR count). The second-order valence-electron chi connectivity index (χ2n) is 12.5. The lowest BCUT2D eigenvalue weighted by atomic mass is 9.79. The number of benzene rings is 3. The number of carbonyl (C=O) groups excluding carboxylic acids is 2. The Kier molecular flexibility index (Phi) is 8.84. The molecular weight excluding hydrogens is 622 g/mol. The van der Waals surface area contributed by atoms with Gasteiger partial charge in [-0.15, -0.1) is 0 Å². The summed E-state index contributed by atoms with van der Waals surface area (Å²) < 4.78 is 51.8. The minimum Gasteiger partial charge on any atom is -0.493 e. The number of rotatable bonds is 11. The number of hydrogen-bond donors (Lipinski definition) is 2. The lowest BCUT2D eigenvalue weighted by molar-refractivity contribution is -0.131. The fourth-order valence-corrected chi connectivity index (χ4v) is 6.27. The third-order valence-electron chi connectivity index (χ3n) is 9.37. The first-order valence-electron chi connectivity index (χ1n) is 16.1. The van der Waals surface area contributed by atoms with Crippen molar-refractivity contribution in [2.24, 2.45) is 11.3 Å². The fourth-order valence-electron chi connectivity index (χ4n) is 6.27. The number of aromatic nitrogens is 1. The summed E-state index contributed by atoms with van der Waals surface area (Å²) >= 11 is 0.